The molecule has 14 heteroatoms. The van der Waals surface area contributed by atoms with Crippen molar-refractivity contribution in [3.8, 4) is 11.1 Å². The van der Waals surface area contributed by atoms with Gasteiger partial charge in [-0.15, -0.1) is 10.2 Å². The summed E-state index contributed by atoms with van der Waals surface area (Å²) in [4.78, 5) is 34.2. The van der Waals surface area contributed by atoms with E-state index in [4.69, 9.17) is 5.10 Å². The number of benzene rings is 1. The summed E-state index contributed by atoms with van der Waals surface area (Å²) in [5.74, 6) is -0.170. The predicted octanol–water partition coefficient (Wildman–Crippen LogP) is 3.49. The molecule has 13 nitrogen and oxygen atoms in total. The van der Waals surface area contributed by atoms with E-state index >= 15 is 0 Å². The maximum atomic E-state index is 12.7. The molecule has 2 atom stereocenters. The SMILES string of the molecule is CNC(=O)c1nnc(NC(=O)C2CC2)cc1Nc1cccc2c1N(C)C(C)c1c-2cnn1C1CN(Cc2cccc(S(C)=O)n2)C1. The molecule has 3 aromatic heterocycles. The van der Waals surface area contributed by atoms with Crippen LogP contribution in [0.25, 0.3) is 11.1 Å². The van der Waals surface area contributed by atoms with E-state index in [1.807, 2.05) is 30.5 Å². The summed E-state index contributed by atoms with van der Waals surface area (Å²) in [5, 5.41) is 22.6. The lowest BCUT2D eigenvalue weighted by Gasteiger charge is -2.42. The van der Waals surface area contributed by atoms with Crippen molar-refractivity contribution in [1.82, 2.24) is 35.2 Å². The van der Waals surface area contributed by atoms with Crippen LogP contribution in [0, 0.1) is 5.92 Å². The summed E-state index contributed by atoms with van der Waals surface area (Å²) in [6.07, 6.45) is 5.33. The second-order valence-corrected chi connectivity index (χ2v) is 13.4. The number of aromatic nitrogens is 5. The maximum Gasteiger partial charge on any atom is 0.273 e. The molecule has 2 fully saturated rings. The minimum Gasteiger partial charge on any atom is -0.364 e. The molecule has 2 amide bonds. The summed E-state index contributed by atoms with van der Waals surface area (Å²) in [6.45, 7) is 4.56. The van der Waals surface area contributed by atoms with Crippen LogP contribution in [0.5, 0.6) is 0 Å². The molecule has 2 unspecified atom stereocenters. The number of para-hydroxylation sites is 1. The number of nitrogens with one attached hydrogen (secondary N) is 3. The van der Waals surface area contributed by atoms with Crippen LogP contribution in [0.3, 0.4) is 0 Å². The highest BCUT2D eigenvalue weighted by atomic mass is 32.2. The largest absolute Gasteiger partial charge is 0.364 e. The summed E-state index contributed by atoms with van der Waals surface area (Å²) in [5.41, 5.74) is 6.50. The first kappa shape index (κ1) is 30.0. The zero-order valence-electron chi connectivity index (χ0n) is 26.1. The normalized spacial score (nSPS) is 18.3. The second-order valence-electron chi connectivity index (χ2n) is 12.1. The number of carbonyl (C=O) groups excluding carboxylic acids is 2. The second kappa shape index (κ2) is 11.9. The highest BCUT2D eigenvalue weighted by Gasteiger charge is 2.37. The standard InChI is InChI=1S/C32H36N10O3S/c1-18-29-23(14-34-42(29)21-16-41(17-21)15-20-7-5-10-27(35-20)46(4)45)22-8-6-9-24(30(22)40(18)3)36-25-13-26(37-31(43)19-11-12-19)38-39-28(25)32(44)33-2/h5-10,13-14,18-19,21H,11-12,15-17H2,1-4H3,(H,33,44)(H2,36,37,38,43). The number of nitrogens with zero attached hydrogens (tertiary/aromatic N) is 7. The minimum atomic E-state index is -1.11. The van der Waals surface area contributed by atoms with Crippen molar-refractivity contribution in [2.24, 2.45) is 5.92 Å². The monoisotopic (exact) mass is 640 g/mol. The van der Waals surface area contributed by atoms with E-state index in [-0.39, 0.29) is 35.5 Å². The lowest BCUT2D eigenvalue weighted by atomic mass is 9.93. The fraction of sp³-hybridized carbons (Fsp3) is 0.375. The smallest absolute Gasteiger partial charge is 0.273 e. The van der Waals surface area contributed by atoms with Gasteiger partial charge < -0.3 is 20.9 Å². The third kappa shape index (κ3) is 5.51. The molecule has 1 saturated carbocycles. The van der Waals surface area contributed by atoms with Crippen molar-refractivity contribution in [1.29, 1.82) is 0 Å². The van der Waals surface area contributed by atoms with Crippen LogP contribution in [0.4, 0.5) is 22.9 Å². The van der Waals surface area contributed by atoms with E-state index in [0.717, 1.165) is 59.8 Å². The predicted molar refractivity (Wildman–Crippen MR) is 175 cm³/mol. The van der Waals surface area contributed by atoms with Gasteiger partial charge in [-0.05, 0) is 38.0 Å². The lowest BCUT2D eigenvalue weighted by molar-refractivity contribution is -0.117. The minimum absolute atomic E-state index is 0.00846. The van der Waals surface area contributed by atoms with Gasteiger partial charge in [-0.2, -0.15) is 5.10 Å². The van der Waals surface area contributed by atoms with E-state index in [0.29, 0.717) is 23.1 Å². The zero-order chi connectivity index (χ0) is 32.1. The number of rotatable bonds is 9. The van der Waals surface area contributed by atoms with Crippen molar-refractivity contribution in [2.75, 3.05) is 49.0 Å². The van der Waals surface area contributed by atoms with E-state index in [2.05, 4.69) is 65.7 Å². The Morgan fingerprint density at radius 2 is 1.83 bits per heavy atom. The molecule has 0 radical (unpaired) electrons. The molecule has 5 heterocycles. The number of hydrogen-bond acceptors (Lipinski definition) is 10. The fourth-order valence-electron chi connectivity index (χ4n) is 6.22. The number of amides is 2. The van der Waals surface area contributed by atoms with Crippen molar-refractivity contribution in [2.45, 2.75) is 43.4 Å². The van der Waals surface area contributed by atoms with Gasteiger partial charge in [0.15, 0.2) is 11.5 Å². The summed E-state index contributed by atoms with van der Waals surface area (Å²) < 4.78 is 14.0. The average molecular weight is 641 g/mol. The average Bonchev–Trinajstić information content (AvgIpc) is 3.80. The Morgan fingerprint density at radius 1 is 1.04 bits per heavy atom. The Kier molecular flexibility index (Phi) is 7.77. The van der Waals surface area contributed by atoms with Crippen LogP contribution in [0.2, 0.25) is 0 Å². The molecular formula is C32H36N10O3S. The van der Waals surface area contributed by atoms with Crippen LogP contribution in [0.1, 0.15) is 53.7 Å². The molecule has 3 aliphatic rings. The molecule has 1 aromatic carbocycles. The van der Waals surface area contributed by atoms with E-state index in [9.17, 15) is 13.8 Å². The molecule has 3 N–H and O–H groups in total. The molecular weight excluding hydrogens is 604 g/mol. The van der Waals surface area contributed by atoms with Crippen LogP contribution in [-0.2, 0) is 22.1 Å². The number of pyridine rings is 1. The van der Waals surface area contributed by atoms with Crippen molar-refractivity contribution in [3.63, 3.8) is 0 Å². The van der Waals surface area contributed by atoms with E-state index in [1.54, 1.807) is 25.4 Å². The van der Waals surface area contributed by atoms with Gasteiger partial charge in [-0.25, -0.2) is 4.98 Å². The van der Waals surface area contributed by atoms with Crippen molar-refractivity contribution in [3.05, 3.63) is 65.7 Å². The van der Waals surface area contributed by atoms with Gasteiger partial charge in [0.05, 0.1) is 57.5 Å². The van der Waals surface area contributed by atoms with E-state index < -0.39 is 10.8 Å². The summed E-state index contributed by atoms with van der Waals surface area (Å²) >= 11 is 0. The van der Waals surface area contributed by atoms with Gasteiger partial charge in [-0.1, -0.05) is 18.2 Å². The summed E-state index contributed by atoms with van der Waals surface area (Å²) in [6, 6.07) is 13.6. The third-order valence-electron chi connectivity index (χ3n) is 8.94. The van der Waals surface area contributed by atoms with Crippen LogP contribution < -0.4 is 20.9 Å². The van der Waals surface area contributed by atoms with Gasteiger partial charge in [0.1, 0.15) is 5.03 Å². The molecule has 7 rings (SSSR count). The van der Waals surface area contributed by atoms with Gasteiger partial charge in [0, 0.05) is 63.1 Å². The van der Waals surface area contributed by atoms with Crippen molar-refractivity contribution < 1.29 is 13.8 Å². The molecule has 4 aromatic rings. The molecule has 46 heavy (non-hydrogen) atoms. The maximum absolute atomic E-state index is 12.7. The molecule has 1 aliphatic carbocycles. The Balaban J connectivity index is 1.15. The Hall–Kier alpha value is -4.69. The molecule has 1 saturated heterocycles. The number of fused-ring (bicyclic) bond motifs is 3. The molecule has 0 bridgehead atoms. The highest BCUT2D eigenvalue weighted by Crippen LogP contribution is 2.49. The number of anilines is 4. The fourth-order valence-corrected chi connectivity index (χ4v) is 6.74. The van der Waals surface area contributed by atoms with E-state index in [1.165, 1.54) is 0 Å². The quantitative estimate of drug-likeness (QED) is 0.248. The number of carbonyl (C=O) groups is 2. The topological polar surface area (TPSA) is 150 Å². The first-order valence-corrected chi connectivity index (χ1v) is 16.9. The Morgan fingerprint density at radius 3 is 2.57 bits per heavy atom. The van der Waals surface area contributed by atoms with Crippen LogP contribution in [-0.4, -0.2) is 79.3 Å². The lowest BCUT2D eigenvalue weighted by Crippen LogP contribution is -2.48. The van der Waals surface area contributed by atoms with Crippen molar-refractivity contribution >= 4 is 45.5 Å². The van der Waals surface area contributed by atoms with Crippen LogP contribution >= 0.6 is 0 Å². The third-order valence-corrected chi connectivity index (χ3v) is 9.76. The van der Waals surface area contributed by atoms with Gasteiger partial charge in [0.25, 0.3) is 5.91 Å². The molecule has 2 aliphatic heterocycles. The molecule has 238 valence electrons. The Bertz CT molecular complexity index is 1870. The number of likely N-dealkylation sites (tertiary alicyclic amines) is 1. The molecule has 0 spiro atoms. The highest BCUT2D eigenvalue weighted by molar-refractivity contribution is 7.84. The summed E-state index contributed by atoms with van der Waals surface area (Å²) in [7, 11) is 2.49. The van der Waals surface area contributed by atoms with Gasteiger partial charge in [-0.3, -0.25) is 23.4 Å². The Labute approximate surface area is 269 Å². The van der Waals surface area contributed by atoms with Gasteiger partial charge >= 0.3 is 0 Å². The first-order valence-electron chi connectivity index (χ1n) is 15.3. The van der Waals surface area contributed by atoms with Crippen LogP contribution in [0.15, 0.2) is 53.7 Å². The van der Waals surface area contributed by atoms with Gasteiger partial charge in [0.2, 0.25) is 5.91 Å². The zero-order valence-corrected chi connectivity index (χ0v) is 27.0. The number of hydrogen-bond donors (Lipinski definition) is 3. The first-order chi connectivity index (χ1) is 22.2.